The first-order valence-corrected chi connectivity index (χ1v) is 14.7. The fourth-order valence-electron chi connectivity index (χ4n) is 5.56. The number of nitrogens with one attached hydrogen (secondary N) is 1. The number of benzene rings is 1. The Balaban J connectivity index is 1.16. The summed E-state index contributed by atoms with van der Waals surface area (Å²) < 4.78 is 57.3. The SMILES string of the molecule is O=C(Nc1cccc(OCCCOC2CCCCO2)n1)N1c2nc(-c3cccc(C(F)(F)F)c3)c(Cl)cc2N2CCC1C2. The Hall–Kier alpha value is -3.61. The van der Waals surface area contributed by atoms with Crippen molar-refractivity contribution in [2.45, 2.75) is 50.6 Å². The molecule has 2 unspecified atom stereocenters. The molecule has 1 N–H and O–H groups in total. The number of aromatic nitrogens is 2. The molecule has 6 rings (SSSR count). The van der Waals surface area contributed by atoms with Gasteiger partial charge in [0, 0.05) is 37.7 Å². The Morgan fingerprint density at radius 2 is 1.95 bits per heavy atom. The van der Waals surface area contributed by atoms with Crippen LogP contribution < -0.4 is 19.9 Å². The van der Waals surface area contributed by atoms with Gasteiger partial charge in [0.05, 0.1) is 41.2 Å². The maximum Gasteiger partial charge on any atom is 0.416 e. The number of nitrogens with zero attached hydrogens (tertiary/aromatic N) is 4. The quantitative estimate of drug-likeness (QED) is 0.279. The van der Waals surface area contributed by atoms with E-state index in [-0.39, 0.29) is 28.6 Å². The first kappa shape index (κ1) is 29.5. The number of urea groups is 1. The summed E-state index contributed by atoms with van der Waals surface area (Å²) in [4.78, 5) is 26.4. The molecule has 228 valence electrons. The van der Waals surface area contributed by atoms with Crippen molar-refractivity contribution in [1.29, 1.82) is 0 Å². The molecule has 0 spiro atoms. The molecule has 13 heteroatoms. The van der Waals surface area contributed by atoms with Gasteiger partial charge in [-0.2, -0.15) is 18.2 Å². The zero-order chi connectivity index (χ0) is 30.0. The number of hydrogen-bond acceptors (Lipinski definition) is 7. The minimum Gasteiger partial charge on any atom is -0.478 e. The van der Waals surface area contributed by atoms with Crippen LogP contribution >= 0.6 is 11.6 Å². The number of halogens is 4. The van der Waals surface area contributed by atoms with Gasteiger partial charge in [-0.15, -0.1) is 0 Å². The predicted octanol–water partition coefficient (Wildman–Crippen LogP) is 6.76. The van der Waals surface area contributed by atoms with Crippen molar-refractivity contribution in [3.63, 3.8) is 0 Å². The molecule has 3 aliphatic heterocycles. The van der Waals surface area contributed by atoms with Gasteiger partial charge in [0.15, 0.2) is 12.1 Å². The van der Waals surface area contributed by atoms with E-state index in [0.29, 0.717) is 62.3 Å². The van der Waals surface area contributed by atoms with Crippen LogP contribution in [0.15, 0.2) is 48.5 Å². The topological polar surface area (TPSA) is 89.0 Å². The highest BCUT2D eigenvalue weighted by Crippen LogP contribution is 2.43. The molecule has 3 aromatic rings. The Morgan fingerprint density at radius 1 is 1.09 bits per heavy atom. The highest BCUT2D eigenvalue weighted by molar-refractivity contribution is 6.33. The number of amides is 2. The molecule has 1 aromatic carbocycles. The summed E-state index contributed by atoms with van der Waals surface area (Å²) in [5.74, 6) is 0.982. The summed E-state index contributed by atoms with van der Waals surface area (Å²) >= 11 is 6.55. The van der Waals surface area contributed by atoms with Crippen molar-refractivity contribution in [1.82, 2.24) is 9.97 Å². The van der Waals surface area contributed by atoms with E-state index in [1.165, 1.54) is 12.1 Å². The molecular formula is C30H31ClF3N5O4. The van der Waals surface area contributed by atoms with Gasteiger partial charge in [-0.25, -0.2) is 9.78 Å². The fraction of sp³-hybridized carbons (Fsp3) is 0.433. The standard InChI is InChI=1S/C30H31ClF3N5O4/c31-22-17-23-28(37-27(22)19-6-3-7-20(16-19)30(32,33)34)39(21-11-12-38(23)18-21)29(40)36-24-8-4-9-25(35-24)41-14-5-15-43-26-10-1-2-13-42-26/h3-4,6-9,16-17,21,26H,1-2,5,10-15,18H2,(H,35,36,40). The molecular weight excluding hydrogens is 587 g/mol. The van der Waals surface area contributed by atoms with Crippen LogP contribution in [-0.2, 0) is 15.7 Å². The van der Waals surface area contributed by atoms with Crippen LogP contribution in [0, 0.1) is 0 Å². The van der Waals surface area contributed by atoms with Crippen LogP contribution in [0.2, 0.25) is 5.02 Å². The Labute approximate surface area is 251 Å². The highest BCUT2D eigenvalue weighted by atomic mass is 35.5. The zero-order valence-electron chi connectivity index (χ0n) is 23.3. The average molecular weight is 618 g/mol. The van der Waals surface area contributed by atoms with E-state index in [4.69, 9.17) is 25.8 Å². The van der Waals surface area contributed by atoms with Crippen molar-refractivity contribution < 1.29 is 32.2 Å². The van der Waals surface area contributed by atoms with Gasteiger partial charge >= 0.3 is 12.2 Å². The molecule has 2 atom stereocenters. The Morgan fingerprint density at radius 3 is 2.77 bits per heavy atom. The smallest absolute Gasteiger partial charge is 0.416 e. The van der Waals surface area contributed by atoms with Gasteiger partial charge in [0.1, 0.15) is 5.82 Å². The molecule has 2 aromatic heterocycles. The molecule has 0 saturated carbocycles. The van der Waals surface area contributed by atoms with E-state index in [1.54, 1.807) is 29.2 Å². The molecule has 5 heterocycles. The molecule has 9 nitrogen and oxygen atoms in total. The number of fused-ring (bicyclic) bond motifs is 4. The lowest BCUT2D eigenvalue weighted by atomic mass is 10.1. The lowest BCUT2D eigenvalue weighted by Gasteiger charge is -2.36. The van der Waals surface area contributed by atoms with E-state index in [2.05, 4.69) is 20.2 Å². The molecule has 2 amide bonds. The zero-order valence-corrected chi connectivity index (χ0v) is 24.0. The summed E-state index contributed by atoms with van der Waals surface area (Å²) in [6.45, 7) is 2.91. The van der Waals surface area contributed by atoms with E-state index in [0.717, 1.165) is 38.0 Å². The number of carbonyl (C=O) groups excluding carboxylic acids is 1. The van der Waals surface area contributed by atoms with Gasteiger partial charge in [-0.3, -0.25) is 10.2 Å². The minimum atomic E-state index is -4.52. The lowest BCUT2D eigenvalue weighted by molar-refractivity contribution is -0.163. The van der Waals surface area contributed by atoms with Gasteiger partial charge in [-0.1, -0.05) is 29.8 Å². The van der Waals surface area contributed by atoms with Crippen LogP contribution in [0.3, 0.4) is 0 Å². The maximum atomic E-state index is 13.7. The first-order valence-electron chi connectivity index (χ1n) is 14.3. The second-order valence-electron chi connectivity index (χ2n) is 10.7. The molecule has 2 saturated heterocycles. The van der Waals surface area contributed by atoms with Crippen molar-refractivity contribution in [3.8, 4) is 17.1 Å². The van der Waals surface area contributed by atoms with Crippen molar-refractivity contribution in [3.05, 3.63) is 59.1 Å². The monoisotopic (exact) mass is 617 g/mol. The van der Waals surface area contributed by atoms with Crippen molar-refractivity contribution >= 4 is 35.0 Å². The number of pyridine rings is 2. The number of hydrogen-bond donors (Lipinski definition) is 1. The number of alkyl halides is 3. The van der Waals surface area contributed by atoms with Crippen molar-refractivity contribution in [2.24, 2.45) is 0 Å². The van der Waals surface area contributed by atoms with Crippen LogP contribution in [0.25, 0.3) is 11.3 Å². The molecule has 0 aliphatic carbocycles. The third kappa shape index (κ3) is 6.66. The summed E-state index contributed by atoms with van der Waals surface area (Å²) in [5, 5.41) is 3.04. The fourth-order valence-corrected chi connectivity index (χ4v) is 5.81. The second kappa shape index (κ2) is 12.6. The molecule has 3 aliphatic rings. The molecule has 2 fully saturated rings. The first-order chi connectivity index (χ1) is 20.8. The maximum absolute atomic E-state index is 13.7. The molecule has 0 radical (unpaired) electrons. The van der Waals surface area contributed by atoms with E-state index < -0.39 is 17.8 Å². The third-order valence-electron chi connectivity index (χ3n) is 7.65. The van der Waals surface area contributed by atoms with Gasteiger partial charge in [0.2, 0.25) is 5.88 Å². The van der Waals surface area contributed by atoms with Gasteiger partial charge < -0.3 is 19.1 Å². The van der Waals surface area contributed by atoms with Crippen molar-refractivity contribution in [2.75, 3.05) is 48.0 Å². The van der Waals surface area contributed by atoms with Crippen LogP contribution in [-0.4, -0.2) is 61.2 Å². The Bertz CT molecular complexity index is 1470. The number of ether oxygens (including phenoxy) is 3. The molecule has 2 bridgehead atoms. The van der Waals surface area contributed by atoms with Gasteiger partial charge in [0.25, 0.3) is 0 Å². The largest absolute Gasteiger partial charge is 0.478 e. The normalized spacial score (nSPS) is 19.7. The lowest BCUT2D eigenvalue weighted by Crippen LogP contribution is -2.48. The van der Waals surface area contributed by atoms with Crippen LogP contribution in [0.4, 0.5) is 35.3 Å². The number of anilines is 3. The van der Waals surface area contributed by atoms with E-state index >= 15 is 0 Å². The van der Waals surface area contributed by atoms with Crippen LogP contribution in [0.5, 0.6) is 5.88 Å². The second-order valence-corrected chi connectivity index (χ2v) is 11.1. The number of rotatable bonds is 8. The van der Waals surface area contributed by atoms with E-state index in [1.807, 2.05) is 0 Å². The summed E-state index contributed by atoms with van der Waals surface area (Å²) in [7, 11) is 0. The summed E-state index contributed by atoms with van der Waals surface area (Å²) in [6.07, 6.45) is -0.239. The average Bonchev–Trinajstić information content (AvgIpc) is 3.42. The third-order valence-corrected chi connectivity index (χ3v) is 7.94. The summed E-state index contributed by atoms with van der Waals surface area (Å²) in [6, 6.07) is 11.0. The van der Waals surface area contributed by atoms with E-state index in [9.17, 15) is 18.0 Å². The number of carbonyl (C=O) groups is 1. The molecule has 43 heavy (non-hydrogen) atoms. The highest BCUT2D eigenvalue weighted by Gasteiger charge is 2.41. The van der Waals surface area contributed by atoms with Gasteiger partial charge in [-0.05, 0) is 49.9 Å². The predicted molar refractivity (Wildman–Crippen MR) is 156 cm³/mol. The Kier molecular flexibility index (Phi) is 8.60. The minimum absolute atomic E-state index is 0.149. The summed E-state index contributed by atoms with van der Waals surface area (Å²) in [5.41, 5.74) is 0.215. The van der Waals surface area contributed by atoms with Crippen LogP contribution in [0.1, 0.15) is 37.7 Å².